The summed E-state index contributed by atoms with van der Waals surface area (Å²) in [6, 6.07) is 17.7. The normalized spacial score (nSPS) is 15.2. The third kappa shape index (κ3) is 3.79. The van der Waals surface area contributed by atoms with Crippen molar-refractivity contribution in [1.29, 1.82) is 0 Å². The van der Waals surface area contributed by atoms with E-state index in [1.807, 2.05) is 68.4 Å². The molecule has 1 fully saturated rings. The zero-order valence-corrected chi connectivity index (χ0v) is 15.4. The highest BCUT2D eigenvalue weighted by Gasteiger charge is 2.45. The molecule has 0 aliphatic heterocycles. The topological polar surface area (TPSA) is 58.2 Å². The molecule has 0 bridgehead atoms. The molecular weight excluding hydrogens is 324 g/mol. The van der Waals surface area contributed by atoms with Crippen LogP contribution in [-0.4, -0.2) is 11.8 Å². The number of hydrogen-bond donors (Lipinski definition) is 2. The van der Waals surface area contributed by atoms with Crippen molar-refractivity contribution in [1.82, 2.24) is 5.32 Å². The summed E-state index contributed by atoms with van der Waals surface area (Å²) in [7, 11) is 0. The standard InChI is InChI=1S/C22H26N2O2/c1-16(2)20(25)24-19-11-9-17(10-12-19)15-23-21(26)22(13-6-14-22)18-7-4-3-5-8-18/h3-5,7-12,16H,6,13-15H2,1-2H3,(H,23,26)(H,24,25). The van der Waals surface area contributed by atoms with Gasteiger partial charge in [0.2, 0.25) is 11.8 Å². The quantitative estimate of drug-likeness (QED) is 0.827. The molecule has 2 aromatic carbocycles. The smallest absolute Gasteiger partial charge is 0.230 e. The van der Waals surface area contributed by atoms with Gasteiger partial charge in [0.1, 0.15) is 0 Å². The van der Waals surface area contributed by atoms with Crippen LogP contribution in [0.2, 0.25) is 0 Å². The Kier molecular flexibility index (Phi) is 5.40. The van der Waals surface area contributed by atoms with Gasteiger partial charge in [0, 0.05) is 18.2 Å². The largest absolute Gasteiger partial charge is 0.351 e. The van der Waals surface area contributed by atoms with Crippen LogP contribution >= 0.6 is 0 Å². The van der Waals surface area contributed by atoms with Crippen molar-refractivity contribution in [2.75, 3.05) is 5.32 Å². The molecule has 0 spiro atoms. The molecule has 4 nitrogen and oxygen atoms in total. The van der Waals surface area contributed by atoms with Crippen LogP contribution < -0.4 is 10.6 Å². The second kappa shape index (κ2) is 7.73. The first-order valence-electron chi connectivity index (χ1n) is 9.25. The number of anilines is 1. The fraction of sp³-hybridized carbons (Fsp3) is 0.364. The van der Waals surface area contributed by atoms with Gasteiger partial charge >= 0.3 is 0 Å². The maximum atomic E-state index is 12.8. The number of nitrogens with one attached hydrogen (secondary N) is 2. The maximum Gasteiger partial charge on any atom is 0.230 e. The molecule has 3 rings (SSSR count). The van der Waals surface area contributed by atoms with Crippen molar-refractivity contribution in [2.24, 2.45) is 5.92 Å². The summed E-state index contributed by atoms with van der Waals surface area (Å²) in [6.07, 6.45) is 2.90. The van der Waals surface area contributed by atoms with Gasteiger partial charge in [0.25, 0.3) is 0 Å². The van der Waals surface area contributed by atoms with Gasteiger partial charge in [-0.2, -0.15) is 0 Å². The van der Waals surface area contributed by atoms with Gasteiger partial charge < -0.3 is 10.6 Å². The van der Waals surface area contributed by atoms with Gasteiger partial charge in [-0.15, -0.1) is 0 Å². The molecule has 136 valence electrons. The minimum atomic E-state index is -0.369. The molecule has 4 heteroatoms. The predicted molar refractivity (Wildman–Crippen MR) is 104 cm³/mol. The Morgan fingerprint density at radius 3 is 2.19 bits per heavy atom. The second-order valence-corrected chi connectivity index (χ2v) is 7.33. The number of carbonyl (C=O) groups excluding carboxylic acids is 2. The van der Waals surface area contributed by atoms with Gasteiger partial charge in [0.15, 0.2) is 0 Å². The first-order valence-corrected chi connectivity index (χ1v) is 9.25. The molecule has 1 aliphatic carbocycles. The Hall–Kier alpha value is -2.62. The monoisotopic (exact) mass is 350 g/mol. The Morgan fingerprint density at radius 2 is 1.65 bits per heavy atom. The third-order valence-electron chi connectivity index (χ3n) is 5.17. The van der Waals surface area contributed by atoms with E-state index in [1.165, 1.54) is 0 Å². The van der Waals surface area contributed by atoms with Gasteiger partial charge in [0.05, 0.1) is 5.41 Å². The molecule has 1 aliphatic rings. The predicted octanol–water partition coefficient (Wildman–Crippen LogP) is 4.02. The second-order valence-electron chi connectivity index (χ2n) is 7.33. The number of benzene rings is 2. The zero-order chi connectivity index (χ0) is 18.6. The van der Waals surface area contributed by atoms with Crippen LogP contribution in [0.5, 0.6) is 0 Å². The first kappa shape index (κ1) is 18.2. The third-order valence-corrected chi connectivity index (χ3v) is 5.17. The Morgan fingerprint density at radius 1 is 1.00 bits per heavy atom. The van der Waals surface area contributed by atoms with Crippen LogP contribution in [-0.2, 0) is 21.5 Å². The van der Waals surface area contributed by atoms with E-state index >= 15 is 0 Å². The molecule has 26 heavy (non-hydrogen) atoms. The average molecular weight is 350 g/mol. The van der Waals surface area contributed by atoms with Gasteiger partial charge in [-0.3, -0.25) is 9.59 Å². The summed E-state index contributed by atoms with van der Waals surface area (Å²) in [5.74, 6) is 0.0543. The SMILES string of the molecule is CC(C)C(=O)Nc1ccc(CNC(=O)C2(c3ccccc3)CCC2)cc1. The van der Waals surface area contributed by atoms with E-state index in [0.29, 0.717) is 6.54 Å². The van der Waals surface area contributed by atoms with Gasteiger partial charge in [-0.1, -0.05) is 62.7 Å². The molecule has 0 heterocycles. The van der Waals surface area contributed by atoms with Crippen molar-refractivity contribution in [2.45, 2.75) is 45.1 Å². The number of hydrogen-bond acceptors (Lipinski definition) is 2. The summed E-state index contributed by atoms with van der Waals surface area (Å²) < 4.78 is 0. The van der Waals surface area contributed by atoms with Gasteiger partial charge in [-0.05, 0) is 36.1 Å². The minimum Gasteiger partial charge on any atom is -0.351 e. The molecule has 0 unspecified atom stereocenters. The minimum absolute atomic E-state index is 0.000777. The molecule has 2 N–H and O–H groups in total. The molecule has 0 saturated heterocycles. The lowest BCUT2D eigenvalue weighted by atomic mass is 9.64. The Labute approximate surface area is 155 Å². The van der Waals surface area contributed by atoms with Crippen LogP contribution in [0, 0.1) is 5.92 Å². The highest BCUT2D eigenvalue weighted by Crippen LogP contribution is 2.43. The Bertz CT molecular complexity index is 762. The fourth-order valence-electron chi connectivity index (χ4n) is 3.28. The van der Waals surface area contributed by atoms with Crippen LogP contribution in [0.25, 0.3) is 0 Å². The van der Waals surface area contributed by atoms with Crippen LogP contribution in [0.3, 0.4) is 0 Å². The van der Waals surface area contributed by atoms with E-state index in [2.05, 4.69) is 10.6 Å². The molecular formula is C22H26N2O2. The summed E-state index contributed by atoms with van der Waals surface area (Å²) in [6.45, 7) is 4.22. The molecule has 2 aromatic rings. The van der Waals surface area contributed by atoms with Crippen molar-refractivity contribution in [3.8, 4) is 0 Å². The van der Waals surface area contributed by atoms with Crippen molar-refractivity contribution < 1.29 is 9.59 Å². The molecule has 2 amide bonds. The van der Waals surface area contributed by atoms with Gasteiger partial charge in [-0.25, -0.2) is 0 Å². The molecule has 0 radical (unpaired) electrons. The van der Waals surface area contributed by atoms with Crippen LogP contribution in [0.15, 0.2) is 54.6 Å². The highest BCUT2D eigenvalue weighted by atomic mass is 16.2. The summed E-state index contributed by atoms with van der Waals surface area (Å²) in [5.41, 5.74) is 2.53. The highest BCUT2D eigenvalue weighted by molar-refractivity contribution is 5.92. The van der Waals surface area contributed by atoms with Crippen molar-refractivity contribution >= 4 is 17.5 Å². The lowest BCUT2D eigenvalue weighted by molar-refractivity contribution is -0.130. The Balaban J connectivity index is 1.60. The van der Waals surface area contributed by atoms with E-state index in [4.69, 9.17) is 0 Å². The summed E-state index contributed by atoms with van der Waals surface area (Å²) in [4.78, 5) is 24.6. The zero-order valence-electron chi connectivity index (χ0n) is 15.4. The molecule has 0 atom stereocenters. The van der Waals surface area contributed by atoms with E-state index in [0.717, 1.165) is 36.1 Å². The fourth-order valence-corrected chi connectivity index (χ4v) is 3.28. The van der Waals surface area contributed by atoms with E-state index < -0.39 is 0 Å². The van der Waals surface area contributed by atoms with E-state index in [9.17, 15) is 9.59 Å². The van der Waals surface area contributed by atoms with Crippen molar-refractivity contribution in [3.63, 3.8) is 0 Å². The van der Waals surface area contributed by atoms with E-state index in [1.54, 1.807) is 0 Å². The molecule has 0 aromatic heterocycles. The summed E-state index contributed by atoms with van der Waals surface area (Å²) in [5, 5.41) is 5.96. The molecule has 1 saturated carbocycles. The number of rotatable bonds is 6. The first-order chi connectivity index (χ1) is 12.5. The van der Waals surface area contributed by atoms with Crippen LogP contribution in [0.1, 0.15) is 44.2 Å². The van der Waals surface area contributed by atoms with E-state index in [-0.39, 0.29) is 23.1 Å². The number of amides is 2. The lowest BCUT2D eigenvalue weighted by Gasteiger charge is -2.40. The van der Waals surface area contributed by atoms with Crippen molar-refractivity contribution in [3.05, 3.63) is 65.7 Å². The van der Waals surface area contributed by atoms with Crippen LogP contribution in [0.4, 0.5) is 5.69 Å². The summed E-state index contributed by atoms with van der Waals surface area (Å²) >= 11 is 0. The number of carbonyl (C=O) groups is 2. The average Bonchev–Trinajstić information content (AvgIpc) is 2.61. The lowest BCUT2D eigenvalue weighted by Crippen LogP contribution is -2.48. The maximum absolute atomic E-state index is 12.8.